The SMILES string of the molecule is COc1c(Nc2cc(NC(=O)C3CC3)ncc2Br)cccc1-c1ncn(C)n1. The van der Waals surface area contributed by atoms with Gasteiger partial charge in [0.2, 0.25) is 5.91 Å². The van der Waals surface area contributed by atoms with Crippen molar-refractivity contribution in [2.24, 2.45) is 13.0 Å². The maximum absolute atomic E-state index is 12.0. The van der Waals surface area contributed by atoms with Crippen LogP contribution in [0.2, 0.25) is 0 Å². The number of amides is 1. The van der Waals surface area contributed by atoms with Crippen molar-refractivity contribution in [3.63, 3.8) is 0 Å². The molecule has 28 heavy (non-hydrogen) atoms. The fourth-order valence-corrected chi connectivity index (χ4v) is 3.13. The standard InChI is InChI=1S/C19H19BrN6O2/c1-26-10-22-18(25-26)12-4-3-5-14(17(12)28-2)23-15-8-16(21-9-13(15)20)24-19(27)11-6-7-11/h3-5,8-11H,6-7H2,1-2H3,(H2,21,23,24,27). The molecule has 1 aliphatic carbocycles. The zero-order valence-corrected chi connectivity index (χ0v) is 17.0. The normalized spacial score (nSPS) is 13.2. The predicted molar refractivity (Wildman–Crippen MR) is 110 cm³/mol. The Kier molecular flexibility index (Phi) is 4.99. The highest BCUT2D eigenvalue weighted by Gasteiger charge is 2.29. The molecule has 0 saturated heterocycles. The topological polar surface area (TPSA) is 94.0 Å². The van der Waals surface area contributed by atoms with E-state index in [0.717, 1.165) is 34.3 Å². The van der Waals surface area contributed by atoms with Gasteiger partial charge in [0.05, 0.1) is 28.5 Å². The average Bonchev–Trinajstić information content (AvgIpc) is 3.45. The summed E-state index contributed by atoms with van der Waals surface area (Å²) in [5.41, 5.74) is 2.28. The van der Waals surface area contributed by atoms with E-state index in [9.17, 15) is 4.79 Å². The number of rotatable bonds is 6. The summed E-state index contributed by atoms with van der Waals surface area (Å²) in [5.74, 6) is 1.84. The first-order chi connectivity index (χ1) is 13.5. The number of ether oxygens (including phenoxy) is 1. The second-order valence-electron chi connectivity index (χ2n) is 6.57. The van der Waals surface area contributed by atoms with Crippen LogP contribution in [0.5, 0.6) is 5.75 Å². The van der Waals surface area contributed by atoms with E-state index in [-0.39, 0.29) is 11.8 Å². The van der Waals surface area contributed by atoms with Crippen LogP contribution >= 0.6 is 15.9 Å². The van der Waals surface area contributed by atoms with Crippen molar-refractivity contribution in [1.29, 1.82) is 0 Å². The summed E-state index contributed by atoms with van der Waals surface area (Å²) < 4.78 is 8.04. The number of nitrogens with zero attached hydrogens (tertiary/aromatic N) is 4. The number of carbonyl (C=O) groups excluding carboxylic acids is 1. The lowest BCUT2D eigenvalue weighted by molar-refractivity contribution is -0.117. The third-order valence-corrected chi connectivity index (χ3v) is 5.02. The van der Waals surface area contributed by atoms with Crippen LogP contribution in [0.1, 0.15) is 12.8 Å². The number of hydrogen-bond donors (Lipinski definition) is 2. The number of para-hydroxylation sites is 1. The number of halogens is 1. The summed E-state index contributed by atoms with van der Waals surface area (Å²) in [5, 5.41) is 10.6. The van der Waals surface area contributed by atoms with Crippen LogP contribution in [0.25, 0.3) is 11.4 Å². The van der Waals surface area contributed by atoms with Gasteiger partial charge in [-0.25, -0.2) is 9.97 Å². The molecule has 1 saturated carbocycles. The number of hydrogen-bond acceptors (Lipinski definition) is 6. The minimum atomic E-state index is 0.0153. The number of benzene rings is 1. The van der Waals surface area contributed by atoms with E-state index in [4.69, 9.17) is 4.74 Å². The van der Waals surface area contributed by atoms with Gasteiger partial charge in [-0.1, -0.05) is 6.07 Å². The van der Waals surface area contributed by atoms with Gasteiger partial charge in [0.25, 0.3) is 0 Å². The molecule has 9 heteroatoms. The molecule has 0 unspecified atom stereocenters. The molecular weight excluding hydrogens is 424 g/mol. The maximum Gasteiger partial charge on any atom is 0.228 e. The summed E-state index contributed by atoms with van der Waals surface area (Å²) in [6.07, 6.45) is 5.18. The molecule has 4 rings (SSSR count). The van der Waals surface area contributed by atoms with Crippen LogP contribution in [0.4, 0.5) is 17.2 Å². The van der Waals surface area contributed by atoms with Crippen LogP contribution in [0.15, 0.2) is 41.3 Å². The first-order valence-electron chi connectivity index (χ1n) is 8.81. The lowest BCUT2D eigenvalue weighted by Crippen LogP contribution is -2.14. The number of pyridine rings is 1. The maximum atomic E-state index is 12.0. The highest BCUT2D eigenvalue weighted by atomic mass is 79.9. The van der Waals surface area contributed by atoms with Crippen LogP contribution in [-0.4, -0.2) is 32.8 Å². The quantitative estimate of drug-likeness (QED) is 0.603. The van der Waals surface area contributed by atoms with Crippen molar-refractivity contribution < 1.29 is 9.53 Å². The van der Waals surface area contributed by atoms with E-state index in [0.29, 0.717) is 17.4 Å². The van der Waals surface area contributed by atoms with Gasteiger partial charge in [-0.05, 0) is 40.9 Å². The Morgan fingerprint density at radius 1 is 1.29 bits per heavy atom. The highest BCUT2D eigenvalue weighted by Crippen LogP contribution is 2.38. The highest BCUT2D eigenvalue weighted by molar-refractivity contribution is 9.10. The van der Waals surface area contributed by atoms with Crippen LogP contribution in [-0.2, 0) is 11.8 Å². The summed E-state index contributed by atoms with van der Waals surface area (Å²) in [6, 6.07) is 7.50. The monoisotopic (exact) mass is 442 g/mol. The minimum absolute atomic E-state index is 0.0153. The van der Waals surface area contributed by atoms with Crippen molar-refractivity contribution in [3.8, 4) is 17.1 Å². The number of methoxy groups -OCH3 is 1. The molecule has 0 radical (unpaired) electrons. The molecule has 3 aromatic rings. The molecule has 1 amide bonds. The number of aryl methyl sites for hydroxylation is 1. The second kappa shape index (κ2) is 7.59. The van der Waals surface area contributed by atoms with Gasteiger partial charge in [0.1, 0.15) is 12.1 Å². The van der Waals surface area contributed by atoms with Crippen molar-refractivity contribution in [2.45, 2.75) is 12.8 Å². The third-order valence-electron chi connectivity index (χ3n) is 4.38. The Hall–Kier alpha value is -2.94. The van der Waals surface area contributed by atoms with E-state index in [1.807, 2.05) is 25.2 Å². The lowest BCUT2D eigenvalue weighted by atomic mass is 10.1. The number of aromatic nitrogens is 4. The molecule has 1 aromatic carbocycles. The van der Waals surface area contributed by atoms with E-state index >= 15 is 0 Å². The van der Waals surface area contributed by atoms with Crippen LogP contribution in [0, 0.1) is 5.92 Å². The predicted octanol–water partition coefficient (Wildman–Crippen LogP) is 3.74. The Labute approximate surface area is 170 Å². The summed E-state index contributed by atoms with van der Waals surface area (Å²) >= 11 is 3.50. The largest absolute Gasteiger partial charge is 0.494 e. The number of nitrogens with one attached hydrogen (secondary N) is 2. The Balaban J connectivity index is 1.64. The van der Waals surface area contributed by atoms with Gasteiger partial charge in [0, 0.05) is 25.2 Å². The molecule has 0 aliphatic heterocycles. The zero-order valence-electron chi connectivity index (χ0n) is 15.4. The number of carbonyl (C=O) groups is 1. The van der Waals surface area contributed by atoms with E-state index in [2.05, 4.69) is 41.6 Å². The Morgan fingerprint density at radius 2 is 2.11 bits per heavy atom. The fourth-order valence-electron chi connectivity index (χ4n) is 2.82. The van der Waals surface area contributed by atoms with Crippen molar-refractivity contribution in [1.82, 2.24) is 19.7 Å². The van der Waals surface area contributed by atoms with Gasteiger partial charge in [0.15, 0.2) is 11.6 Å². The van der Waals surface area contributed by atoms with Crippen molar-refractivity contribution in [2.75, 3.05) is 17.7 Å². The Morgan fingerprint density at radius 3 is 2.79 bits per heavy atom. The van der Waals surface area contributed by atoms with E-state index < -0.39 is 0 Å². The van der Waals surface area contributed by atoms with Crippen LogP contribution < -0.4 is 15.4 Å². The molecule has 8 nitrogen and oxygen atoms in total. The van der Waals surface area contributed by atoms with Crippen molar-refractivity contribution >= 4 is 39.0 Å². The van der Waals surface area contributed by atoms with E-state index in [1.165, 1.54) is 0 Å². The van der Waals surface area contributed by atoms with Gasteiger partial charge < -0.3 is 15.4 Å². The second-order valence-corrected chi connectivity index (χ2v) is 7.42. The van der Waals surface area contributed by atoms with Gasteiger partial charge in [-0.2, -0.15) is 5.10 Å². The molecule has 2 N–H and O–H groups in total. The van der Waals surface area contributed by atoms with Gasteiger partial charge >= 0.3 is 0 Å². The summed E-state index contributed by atoms with van der Waals surface area (Å²) in [7, 11) is 3.42. The minimum Gasteiger partial charge on any atom is -0.494 e. The first-order valence-corrected chi connectivity index (χ1v) is 9.61. The molecule has 1 aliphatic rings. The summed E-state index contributed by atoms with van der Waals surface area (Å²) in [6.45, 7) is 0. The van der Waals surface area contributed by atoms with E-state index in [1.54, 1.807) is 30.4 Å². The lowest BCUT2D eigenvalue weighted by Gasteiger charge is -2.15. The molecular formula is C19H19BrN6O2. The molecule has 0 bridgehead atoms. The van der Waals surface area contributed by atoms with Gasteiger partial charge in [-0.3, -0.25) is 9.48 Å². The molecule has 0 atom stereocenters. The molecule has 2 aromatic heterocycles. The number of anilines is 3. The van der Waals surface area contributed by atoms with Crippen molar-refractivity contribution in [3.05, 3.63) is 41.3 Å². The average molecular weight is 443 g/mol. The molecule has 1 fully saturated rings. The summed E-state index contributed by atoms with van der Waals surface area (Å²) in [4.78, 5) is 20.6. The van der Waals surface area contributed by atoms with Crippen LogP contribution in [0.3, 0.4) is 0 Å². The Bertz CT molecular complexity index is 1030. The first kappa shape index (κ1) is 18.4. The molecule has 0 spiro atoms. The third kappa shape index (κ3) is 3.84. The molecule has 144 valence electrons. The van der Waals surface area contributed by atoms with Gasteiger partial charge in [-0.15, -0.1) is 0 Å². The zero-order chi connectivity index (χ0) is 19.7. The fraction of sp³-hybridized carbons (Fsp3) is 0.263. The smallest absolute Gasteiger partial charge is 0.228 e. The molecule has 2 heterocycles.